The molecule has 0 bridgehead atoms. The number of rotatable bonds is 2. The van der Waals surface area contributed by atoms with Gasteiger partial charge >= 0.3 is 0 Å². The van der Waals surface area contributed by atoms with Gasteiger partial charge in [-0.1, -0.05) is 107 Å². The first-order chi connectivity index (χ1) is 16.2. The summed E-state index contributed by atoms with van der Waals surface area (Å²) in [6, 6.07) is 8.64. The summed E-state index contributed by atoms with van der Waals surface area (Å²) in [5.74, 6) is 0.772. The van der Waals surface area contributed by atoms with E-state index in [1.807, 2.05) is 0 Å². The molecular formula is C34H46O2. The van der Waals surface area contributed by atoms with Crippen molar-refractivity contribution in [3.05, 3.63) is 87.5 Å². The molecule has 36 heavy (non-hydrogen) atoms. The molecule has 1 aliphatic carbocycles. The first kappa shape index (κ1) is 27.8. The summed E-state index contributed by atoms with van der Waals surface area (Å²) in [6.45, 7) is 25.8. The fourth-order valence-electron chi connectivity index (χ4n) is 4.89. The Morgan fingerprint density at radius 3 is 0.944 bits per heavy atom. The SMILES string of the molecule is CC(C)(C)c1cc(C(=C2C=CC=C2)c2cc(C(C)(C)C)c(O)c(C(C)(C)C)c2)cc(C(C)(C)C)c1O. The third-order valence-corrected chi connectivity index (χ3v) is 6.98. The minimum atomic E-state index is -0.223. The van der Waals surface area contributed by atoms with Crippen molar-refractivity contribution in [3.63, 3.8) is 0 Å². The Morgan fingerprint density at radius 2 is 0.722 bits per heavy atom. The zero-order valence-corrected chi connectivity index (χ0v) is 24.5. The number of phenolic OH excluding ortho intramolecular Hbond substituents is 2. The highest BCUT2D eigenvalue weighted by Gasteiger charge is 2.30. The molecule has 0 amide bonds. The third kappa shape index (κ3) is 5.48. The Bertz CT molecular complexity index is 1090. The third-order valence-electron chi connectivity index (χ3n) is 6.98. The number of aromatic hydroxyl groups is 2. The van der Waals surface area contributed by atoms with Gasteiger partial charge in [-0.15, -0.1) is 0 Å². The van der Waals surface area contributed by atoms with Crippen LogP contribution in [0, 0.1) is 0 Å². The van der Waals surface area contributed by atoms with Crippen molar-refractivity contribution in [2.24, 2.45) is 0 Å². The molecule has 0 heterocycles. The number of benzene rings is 2. The molecule has 0 fully saturated rings. The summed E-state index contributed by atoms with van der Waals surface area (Å²) in [4.78, 5) is 0. The fourth-order valence-corrected chi connectivity index (χ4v) is 4.89. The van der Waals surface area contributed by atoms with Crippen molar-refractivity contribution < 1.29 is 10.2 Å². The molecule has 0 aromatic heterocycles. The zero-order valence-electron chi connectivity index (χ0n) is 24.5. The quantitative estimate of drug-likeness (QED) is 0.444. The highest BCUT2D eigenvalue weighted by Crippen LogP contribution is 2.46. The van der Waals surface area contributed by atoms with Crippen molar-refractivity contribution >= 4 is 5.57 Å². The first-order valence-corrected chi connectivity index (χ1v) is 13.1. The molecule has 0 atom stereocenters. The molecule has 2 heteroatoms. The van der Waals surface area contributed by atoms with E-state index in [0.717, 1.165) is 44.5 Å². The summed E-state index contributed by atoms with van der Waals surface area (Å²) in [7, 11) is 0. The maximum absolute atomic E-state index is 11.4. The van der Waals surface area contributed by atoms with Crippen LogP contribution in [-0.4, -0.2) is 10.2 Å². The summed E-state index contributed by atoms with van der Waals surface area (Å²) < 4.78 is 0. The summed E-state index contributed by atoms with van der Waals surface area (Å²) >= 11 is 0. The normalized spacial score (nSPS) is 14.6. The molecule has 2 N–H and O–H groups in total. The van der Waals surface area contributed by atoms with Crippen LogP contribution < -0.4 is 0 Å². The molecule has 0 saturated heterocycles. The topological polar surface area (TPSA) is 40.5 Å². The average molecular weight is 487 g/mol. The van der Waals surface area contributed by atoms with Crippen LogP contribution in [0.1, 0.15) is 116 Å². The lowest BCUT2D eigenvalue weighted by Gasteiger charge is -2.30. The zero-order chi connectivity index (χ0) is 27.4. The van der Waals surface area contributed by atoms with Gasteiger partial charge in [0, 0.05) is 22.3 Å². The Labute approximate surface area is 219 Å². The van der Waals surface area contributed by atoms with Gasteiger partial charge in [0.1, 0.15) is 11.5 Å². The Kier molecular flexibility index (Phi) is 6.94. The molecule has 194 valence electrons. The lowest BCUT2D eigenvalue weighted by molar-refractivity contribution is 0.422. The van der Waals surface area contributed by atoms with Gasteiger partial charge < -0.3 is 10.2 Å². The summed E-state index contributed by atoms with van der Waals surface area (Å²) in [5, 5.41) is 22.7. The van der Waals surface area contributed by atoms with E-state index in [0.29, 0.717) is 11.5 Å². The lowest BCUT2D eigenvalue weighted by Crippen LogP contribution is -2.19. The Morgan fingerprint density at radius 1 is 0.472 bits per heavy atom. The van der Waals surface area contributed by atoms with Crippen LogP contribution in [0.25, 0.3) is 5.57 Å². The molecule has 0 aliphatic heterocycles. The standard InChI is InChI=1S/C34H46O2/c1-31(2,3)24-17-22(18-25(29(24)35)32(4,5)6)28(21-15-13-14-16-21)23-19-26(33(7,8)9)30(36)27(20-23)34(10,11)12/h13-20,35-36H,1-12H3. The van der Waals surface area contributed by atoms with Crippen LogP contribution >= 0.6 is 0 Å². The molecule has 0 unspecified atom stereocenters. The van der Waals surface area contributed by atoms with Gasteiger partial charge in [0.05, 0.1) is 0 Å². The molecule has 2 aromatic rings. The van der Waals surface area contributed by atoms with E-state index < -0.39 is 0 Å². The van der Waals surface area contributed by atoms with E-state index in [1.165, 1.54) is 0 Å². The maximum atomic E-state index is 11.4. The van der Waals surface area contributed by atoms with Crippen molar-refractivity contribution in [3.8, 4) is 11.5 Å². The van der Waals surface area contributed by atoms with E-state index in [4.69, 9.17) is 0 Å². The van der Waals surface area contributed by atoms with Crippen molar-refractivity contribution in [1.82, 2.24) is 0 Å². The lowest BCUT2D eigenvalue weighted by atomic mass is 9.75. The van der Waals surface area contributed by atoms with Crippen LogP contribution in [0.5, 0.6) is 11.5 Å². The number of phenols is 2. The minimum absolute atomic E-state index is 0.223. The van der Waals surface area contributed by atoms with Gasteiger partial charge in [0.25, 0.3) is 0 Å². The fraction of sp³-hybridized carbons (Fsp3) is 0.471. The predicted molar refractivity (Wildman–Crippen MR) is 155 cm³/mol. The summed E-state index contributed by atoms with van der Waals surface area (Å²) in [5.41, 5.74) is 7.30. The molecule has 2 nitrogen and oxygen atoms in total. The first-order valence-electron chi connectivity index (χ1n) is 13.1. The van der Waals surface area contributed by atoms with Crippen LogP contribution in [-0.2, 0) is 21.7 Å². The van der Waals surface area contributed by atoms with Crippen LogP contribution in [0.15, 0.2) is 54.1 Å². The number of hydrogen-bond donors (Lipinski definition) is 2. The highest BCUT2D eigenvalue weighted by molar-refractivity contribution is 5.88. The summed E-state index contributed by atoms with van der Waals surface area (Å²) in [6.07, 6.45) is 8.44. The van der Waals surface area contributed by atoms with Crippen molar-refractivity contribution in [1.29, 1.82) is 0 Å². The Balaban J connectivity index is 2.50. The van der Waals surface area contributed by atoms with Gasteiger partial charge in [-0.05, 0) is 68.2 Å². The van der Waals surface area contributed by atoms with Crippen molar-refractivity contribution in [2.45, 2.75) is 105 Å². The van der Waals surface area contributed by atoms with Gasteiger partial charge in [0.2, 0.25) is 0 Å². The monoisotopic (exact) mass is 486 g/mol. The molecular weight excluding hydrogens is 440 g/mol. The maximum Gasteiger partial charge on any atom is 0.123 e. The van der Waals surface area contributed by atoms with Crippen LogP contribution in [0.3, 0.4) is 0 Å². The Hall–Kier alpha value is -2.74. The van der Waals surface area contributed by atoms with Gasteiger partial charge in [-0.3, -0.25) is 0 Å². The van der Waals surface area contributed by atoms with Gasteiger partial charge in [-0.2, -0.15) is 0 Å². The average Bonchev–Trinajstić information content (AvgIpc) is 3.20. The van der Waals surface area contributed by atoms with Crippen LogP contribution in [0.4, 0.5) is 0 Å². The predicted octanol–water partition coefficient (Wildman–Crippen LogP) is 9.22. The second-order valence-corrected chi connectivity index (χ2v) is 14.4. The molecule has 0 radical (unpaired) electrons. The minimum Gasteiger partial charge on any atom is -0.507 e. The van der Waals surface area contributed by atoms with Crippen molar-refractivity contribution in [2.75, 3.05) is 0 Å². The largest absolute Gasteiger partial charge is 0.507 e. The molecule has 0 spiro atoms. The number of allylic oxidation sites excluding steroid dienone is 5. The van der Waals surface area contributed by atoms with Crippen LogP contribution in [0.2, 0.25) is 0 Å². The smallest absolute Gasteiger partial charge is 0.123 e. The molecule has 0 saturated carbocycles. The highest BCUT2D eigenvalue weighted by atomic mass is 16.3. The van der Waals surface area contributed by atoms with E-state index in [9.17, 15) is 10.2 Å². The molecule has 2 aromatic carbocycles. The second kappa shape index (κ2) is 8.98. The van der Waals surface area contributed by atoms with E-state index >= 15 is 0 Å². The van der Waals surface area contributed by atoms with E-state index in [1.54, 1.807) is 0 Å². The number of hydrogen-bond acceptors (Lipinski definition) is 2. The molecule has 1 aliphatic rings. The van der Waals surface area contributed by atoms with Gasteiger partial charge in [0.15, 0.2) is 0 Å². The second-order valence-electron chi connectivity index (χ2n) is 14.4. The molecule has 3 rings (SSSR count). The van der Waals surface area contributed by atoms with Gasteiger partial charge in [-0.25, -0.2) is 0 Å². The van der Waals surface area contributed by atoms with E-state index in [-0.39, 0.29) is 21.7 Å². The van der Waals surface area contributed by atoms with E-state index in [2.05, 4.69) is 132 Å².